The predicted molar refractivity (Wildman–Crippen MR) is 109 cm³/mol. The summed E-state index contributed by atoms with van der Waals surface area (Å²) in [6.45, 7) is 1.01. The quantitative estimate of drug-likeness (QED) is 0.536. The molecule has 0 aromatic carbocycles. The molecular weight excluding hydrogens is 461 g/mol. The Morgan fingerprint density at radius 2 is 1.91 bits per heavy atom. The minimum atomic E-state index is -4.58. The molecule has 1 saturated carbocycles. The Kier molecular flexibility index (Phi) is 4.40. The van der Waals surface area contributed by atoms with Crippen LogP contribution in [0.1, 0.15) is 12.1 Å². The molecular formula is C21H18F5N7O. The topological polar surface area (TPSA) is 80.0 Å². The van der Waals surface area contributed by atoms with Crippen molar-refractivity contribution in [1.29, 1.82) is 0 Å². The molecule has 34 heavy (non-hydrogen) atoms. The van der Waals surface area contributed by atoms with E-state index in [2.05, 4.69) is 20.1 Å². The van der Waals surface area contributed by atoms with Crippen LogP contribution in [0, 0.1) is 17.3 Å². The summed E-state index contributed by atoms with van der Waals surface area (Å²) in [4.78, 5) is 28.3. The summed E-state index contributed by atoms with van der Waals surface area (Å²) >= 11 is 0. The van der Waals surface area contributed by atoms with Crippen LogP contribution in [0.4, 0.5) is 33.5 Å². The molecule has 1 amide bonds. The van der Waals surface area contributed by atoms with Gasteiger partial charge in [0.05, 0.1) is 12.4 Å². The highest BCUT2D eigenvalue weighted by Gasteiger charge is 2.71. The summed E-state index contributed by atoms with van der Waals surface area (Å²) in [7, 11) is 0. The fraction of sp³-hybridized carbons (Fsp3) is 0.476. The lowest BCUT2D eigenvalue weighted by atomic mass is 9.99. The smallest absolute Gasteiger partial charge is 0.355 e. The first kappa shape index (κ1) is 21.2. The predicted octanol–water partition coefficient (Wildman–Crippen LogP) is 2.99. The van der Waals surface area contributed by atoms with Gasteiger partial charge in [-0.05, 0) is 24.0 Å². The van der Waals surface area contributed by atoms with E-state index in [9.17, 15) is 26.7 Å². The molecule has 8 nitrogen and oxygen atoms in total. The maximum Gasteiger partial charge on any atom is 0.433 e. The van der Waals surface area contributed by atoms with Gasteiger partial charge in [0, 0.05) is 43.4 Å². The molecule has 6 rings (SSSR count). The molecule has 3 fully saturated rings. The molecule has 5 heterocycles. The number of hydrogen-bond donors (Lipinski definition) is 0. The van der Waals surface area contributed by atoms with Crippen LogP contribution in [-0.2, 0) is 17.5 Å². The van der Waals surface area contributed by atoms with Gasteiger partial charge in [-0.25, -0.2) is 23.4 Å². The molecule has 0 radical (unpaired) electrons. The number of fused-ring (bicyclic) bond motifs is 4. The number of rotatable bonds is 4. The highest BCUT2D eigenvalue weighted by atomic mass is 19.4. The molecule has 3 aromatic heterocycles. The number of carbonyl (C=O) groups excluding carboxylic acids is 1. The highest BCUT2D eigenvalue weighted by Crippen LogP contribution is 2.67. The van der Waals surface area contributed by atoms with E-state index in [0.29, 0.717) is 31.0 Å². The summed E-state index contributed by atoms with van der Waals surface area (Å²) in [5, 5.41) is 3.93. The molecule has 2 atom stereocenters. The van der Waals surface area contributed by atoms with Crippen molar-refractivity contribution < 1.29 is 26.7 Å². The van der Waals surface area contributed by atoms with E-state index >= 15 is 0 Å². The first-order valence-corrected chi connectivity index (χ1v) is 10.7. The number of amides is 1. The number of aromatic nitrogens is 5. The van der Waals surface area contributed by atoms with Gasteiger partial charge in [-0.3, -0.25) is 9.78 Å². The summed E-state index contributed by atoms with van der Waals surface area (Å²) in [6, 6.07) is 2.33. The molecule has 0 bridgehead atoms. The lowest BCUT2D eigenvalue weighted by Crippen LogP contribution is -2.31. The average Bonchev–Trinajstić information content (AvgIpc) is 3.23. The lowest BCUT2D eigenvalue weighted by molar-refractivity contribution is -0.141. The molecule has 3 aliphatic rings. The number of piperidine rings is 1. The van der Waals surface area contributed by atoms with Gasteiger partial charge < -0.3 is 9.80 Å². The van der Waals surface area contributed by atoms with Crippen LogP contribution in [0.5, 0.6) is 0 Å². The summed E-state index contributed by atoms with van der Waals surface area (Å²) in [5.41, 5.74) is -0.383. The van der Waals surface area contributed by atoms with E-state index < -0.39 is 24.8 Å². The van der Waals surface area contributed by atoms with Gasteiger partial charge in [0.2, 0.25) is 5.91 Å². The molecule has 13 heteroatoms. The molecule has 1 spiro atoms. The Morgan fingerprint density at radius 1 is 1.15 bits per heavy atom. The number of pyridine rings is 1. The van der Waals surface area contributed by atoms with Crippen molar-refractivity contribution in [2.75, 3.05) is 29.4 Å². The maximum absolute atomic E-state index is 13.0. The van der Waals surface area contributed by atoms with Crippen LogP contribution in [0.2, 0.25) is 0 Å². The third-order valence-corrected chi connectivity index (χ3v) is 7.23. The standard InChI is InChI=1S/C21H18F5N7O/c22-16(23)9-33-19-14(5-29-33)28-6-17(30-19)31-7-12-13(8-31)20(12)4-18(34)32(10-20)11-1-2-27-15(3-11)21(24,25)26/h1-3,5-6,12-13,16H,4,7-10H2. The molecule has 2 aliphatic heterocycles. The largest absolute Gasteiger partial charge is 0.433 e. The molecule has 3 aromatic rings. The minimum Gasteiger partial charge on any atom is -0.355 e. The van der Waals surface area contributed by atoms with Crippen molar-refractivity contribution in [3.8, 4) is 0 Å². The van der Waals surface area contributed by atoms with Gasteiger partial charge >= 0.3 is 6.18 Å². The molecule has 178 valence electrons. The van der Waals surface area contributed by atoms with Crippen LogP contribution < -0.4 is 9.80 Å². The Hall–Kier alpha value is -3.38. The zero-order chi connectivity index (χ0) is 23.8. The van der Waals surface area contributed by atoms with Crippen molar-refractivity contribution in [1.82, 2.24) is 24.7 Å². The van der Waals surface area contributed by atoms with Crippen molar-refractivity contribution in [3.05, 3.63) is 36.4 Å². The van der Waals surface area contributed by atoms with Gasteiger partial charge in [-0.15, -0.1) is 0 Å². The first-order valence-electron chi connectivity index (χ1n) is 10.7. The molecule has 2 saturated heterocycles. The molecule has 2 unspecified atom stereocenters. The lowest BCUT2D eigenvalue weighted by Gasteiger charge is -2.24. The number of hydrogen-bond acceptors (Lipinski definition) is 6. The number of alkyl halides is 5. The third-order valence-electron chi connectivity index (χ3n) is 7.23. The first-order chi connectivity index (χ1) is 16.2. The number of anilines is 2. The van der Waals surface area contributed by atoms with Gasteiger partial charge in [-0.1, -0.05) is 0 Å². The number of halogens is 5. The third kappa shape index (κ3) is 3.20. The Labute approximate surface area is 189 Å². The van der Waals surface area contributed by atoms with E-state index in [0.717, 1.165) is 16.9 Å². The van der Waals surface area contributed by atoms with E-state index in [1.807, 2.05) is 4.90 Å². The summed E-state index contributed by atoms with van der Waals surface area (Å²) in [5.74, 6) is 0.732. The minimum absolute atomic E-state index is 0.189. The van der Waals surface area contributed by atoms with Crippen LogP contribution in [-0.4, -0.2) is 56.7 Å². The molecule has 1 aliphatic carbocycles. The van der Waals surface area contributed by atoms with Gasteiger partial charge in [0.25, 0.3) is 6.43 Å². The fourth-order valence-electron chi connectivity index (χ4n) is 5.57. The van der Waals surface area contributed by atoms with Crippen LogP contribution in [0.25, 0.3) is 11.2 Å². The van der Waals surface area contributed by atoms with E-state index in [1.165, 1.54) is 17.2 Å². The average molecular weight is 479 g/mol. The Morgan fingerprint density at radius 3 is 2.62 bits per heavy atom. The second-order valence-electron chi connectivity index (χ2n) is 9.06. The second-order valence-corrected chi connectivity index (χ2v) is 9.06. The summed E-state index contributed by atoms with van der Waals surface area (Å²) < 4.78 is 65.9. The van der Waals surface area contributed by atoms with Crippen LogP contribution in [0.15, 0.2) is 30.7 Å². The normalized spacial score (nSPS) is 26.4. The maximum atomic E-state index is 13.0. The van der Waals surface area contributed by atoms with E-state index in [1.54, 1.807) is 6.20 Å². The highest BCUT2D eigenvalue weighted by molar-refractivity contribution is 5.97. The Balaban J connectivity index is 1.18. The van der Waals surface area contributed by atoms with E-state index in [4.69, 9.17) is 0 Å². The van der Waals surface area contributed by atoms with Crippen molar-refractivity contribution in [2.24, 2.45) is 17.3 Å². The second kappa shape index (κ2) is 7.06. The number of carbonyl (C=O) groups is 1. The molecule has 0 N–H and O–H groups in total. The number of nitrogens with zero attached hydrogens (tertiary/aromatic N) is 7. The zero-order valence-electron chi connectivity index (χ0n) is 17.6. The zero-order valence-corrected chi connectivity index (χ0v) is 17.6. The van der Waals surface area contributed by atoms with Crippen molar-refractivity contribution >= 4 is 28.6 Å². The van der Waals surface area contributed by atoms with Gasteiger partial charge in [0.1, 0.15) is 23.6 Å². The van der Waals surface area contributed by atoms with E-state index in [-0.39, 0.29) is 40.9 Å². The summed E-state index contributed by atoms with van der Waals surface area (Å²) in [6.07, 6.45) is -2.82. The Bertz CT molecular complexity index is 1280. The van der Waals surface area contributed by atoms with Gasteiger partial charge in [0.15, 0.2) is 5.65 Å². The van der Waals surface area contributed by atoms with Crippen LogP contribution in [0.3, 0.4) is 0 Å². The fourth-order valence-corrected chi connectivity index (χ4v) is 5.57. The van der Waals surface area contributed by atoms with Crippen LogP contribution >= 0.6 is 0 Å². The SMILES string of the molecule is O=C1CC2(CN1c1ccnc(C(F)(F)F)c1)C1CN(c3cnc4cnn(CC(F)F)c4n3)CC12. The van der Waals surface area contributed by atoms with Crippen molar-refractivity contribution in [3.63, 3.8) is 0 Å². The monoisotopic (exact) mass is 479 g/mol. The van der Waals surface area contributed by atoms with Crippen molar-refractivity contribution in [2.45, 2.75) is 25.6 Å². The van der Waals surface area contributed by atoms with Gasteiger partial charge in [-0.2, -0.15) is 18.3 Å².